The number of alkyl halides is 1. The van der Waals surface area contributed by atoms with Gasteiger partial charge in [-0.1, -0.05) is 46.9 Å². The number of fused-ring (bicyclic) bond motifs is 1. The Morgan fingerprint density at radius 1 is 1.00 bits per heavy atom. The van der Waals surface area contributed by atoms with Crippen molar-refractivity contribution >= 4 is 39.9 Å². The average molecular weight is 442 g/mol. The van der Waals surface area contributed by atoms with Crippen molar-refractivity contribution in [1.82, 2.24) is 9.97 Å². The van der Waals surface area contributed by atoms with Crippen molar-refractivity contribution in [2.75, 3.05) is 16.8 Å². The van der Waals surface area contributed by atoms with E-state index >= 15 is 0 Å². The third kappa shape index (κ3) is 3.20. The van der Waals surface area contributed by atoms with Gasteiger partial charge < -0.3 is 10.2 Å². The lowest BCUT2D eigenvalue weighted by Crippen LogP contribution is -2.22. The first-order chi connectivity index (χ1) is 12.1. The Hall–Kier alpha value is -2.15. The van der Waals surface area contributed by atoms with E-state index in [9.17, 15) is 0 Å². The first-order valence-electron chi connectivity index (χ1n) is 8.30. The Labute approximate surface area is 161 Å². The van der Waals surface area contributed by atoms with Gasteiger partial charge in [0.25, 0.3) is 0 Å². The zero-order valence-electron chi connectivity index (χ0n) is 14.0. The molecular weight excluding hydrogens is 423 g/mol. The van der Waals surface area contributed by atoms with Crippen LogP contribution in [0.25, 0.3) is 0 Å². The summed E-state index contributed by atoms with van der Waals surface area (Å²) in [7, 11) is 0. The summed E-state index contributed by atoms with van der Waals surface area (Å²) in [5.74, 6) is 1.81. The summed E-state index contributed by atoms with van der Waals surface area (Å²) in [6, 6.07) is 18.4. The second-order valence-electron chi connectivity index (χ2n) is 6.35. The van der Waals surface area contributed by atoms with Crippen molar-refractivity contribution < 1.29 is 0 Å². The fourth-order valence-corrected chi connectivity index (χ4v) is 4.15. The molecule has 2 aromatic heterocycles. The van der Waals surface area contributed by atoms with E-state index in [1.165, 1.54) is 16.8 Å². The molecule has 1 aromatic carbocycles. The summed E-state index contributed by atoms with van der Waals surface area (Å²) in [4.78, 5) is 11.3. The molecule has 0 spiro atoms. The highest BCUT2D eigenvalue weighted by molar-refractivity contribution is 14.1. The van der Waals surface area contributed by atoms with Crippen LogP contribution in [0.1, 0.15) is 18.1 Å². The number of halogens is 1. The van der Waals surface area contributed by atoms with Gasteiger partial charge in [-0.05, 0) is 48.4 Å². The van der Waals surface area contributed by atoms with E-state index in [2.05, 4.69) is 67.9 Å². The standard InChI is InChI=1S/C20H19IN4/c1-20(21)14-24-16-8-6-7-15(19(16)20)13-25(17-9-2-4-11-22-17)18-10-3-5-12-23-18/h2-12,24H,13-14H2,1H3. The van der Waals surface area contributed by atoms with Gasteiger partial charge in [0.15, 0.2) is 0 Å². The number of rotatable bonds is 4. The minimum atomic E-state index is 0.0869. The molecule has 25 heavy (non-hydrogen) atoms. The van der Waals surface area contributed by atoms with Crippen molar-refractivity contribution in [1.29, 1.82) is 0 Å². The lowest BCUT2D eigenvalue weighted by Gasteiger charge is -2.26. The van der Waals surface area contributed by atoms with Crippen molar-refractivity contribution in [2.45, 2.75) is 16.9 Å². The minimum Gasteiger partial charge on any atom is -0.383 e. The van der Waals surface area contributed by atoms with Gasteiger partial charge in [0.05, 0.1) is 9.97 Å². The van der Waals surface area contributed by atoms with Gasteiger partial charge in [0.2, 0.25) is 0 Å². The van der Waals surface area contributed by atoms with Gasteiger partial charge in [-0.2, -0.15) is 0 Å². The first kappa shape index (κ1) is 16.3. The smallest absolute Gasteiger partial charge is 0.134 e. The van der Waals surface area contributed by atoms with Crippen molar-refractivity contribution in [3.8, 4) is 0 Å². The predicted octanol–water partition coefficient (Wildman–Crippen LogP) is 4.89. The van der Waals surface area contributed by atoms with Gasteiger partial charge in [-0.25, -0.2) is 9.97 Å². The summed E-state index contributed by atoms with van der Waals surface area (Å²) in [5, 5.41) is 3.53. The van der Waals surface area contributed by atoms with Crippen LogP contribution in [0.15, 0.2) is 67.0 Å². The number of nitrogens with one attached hydrogen (secondary N) is 1. The van der Waals surface area contributed by atoms with Crippen LogP contribution in [0.5, 0.6) is 0 Å². The fraction of sp³-hybridized carbons (Fsp3) is 0.200. The Balaban J connectivity index is 1.78. The fourth-order valence-electron chi connectivity index (χ4n) is 3.32. The molecule has 3 aromatic rings. The molecule has 4 nitrogen and oxygen atoms in total. The van der Waals surface area contributed by atoms with Crippen LogP contribution in [-0.2, 0) is 9.97 Å². The van der Waals surface area contributed by atoms with Gasteiger partial charge >= 0.3 is 0 Å². The second-order valence-corrected chi connectivity index (χ2v) is 8.73. The molecule has 1 aliphatic rings. The van der Waals surface area contributed by atoms with Crippen LogP contribution in [-0.4, -0.2) is 16.5 Å². The molecule has 4 rings (SSSR count). The van der Waals surface area contributed by atoms with Crippen LogP contribution in [0, 0.1) is 0 Å². The third-order valence-corrected chi connectivity index (χ3v) is 5.38. The van der Waals surface area contributed by atoms with Gasteiger partial charge in [0.1, 0.15) is 11.6 Å². The molecule has 0 fully saturated rings. The SMILES string of the molecule is CC1(I)CNc2cccc(CN(c3ccccn3)c3ccccn3)c21. The normalized spacial score (nSPS) is 18.5. The monoisotopic (exact) mass is 442 g/mol. The largest absolute Gasteiger partial charge is 0.383 e. The molecule has 1 unspecified atom stereocenters. The Morgan fingerprint density at radius 3 is 2.28 bits per heavy atom. The van der Waals surface area contributed by atoms with E-state index in [0.717, 1.165) is 24.7 Å². The van der Waals surface area contributed by atoms with Crippen molar-refractivity contribution in [3.05, 3.63) is 78.1 Å². The summed E-state index contributed by atoms with van der Waals surface area (Å²) in [5.41, 5.74) is 3.92. The Morgan fingerprint density at radius 2 is 1.68 bits per heavy atom. The molecule has 1 atom stereocenters. The number of aromatic nitrogens is 2. The highest BCUT2D eigenvalue weighted by Gasteiger charge is 2.34. The highest BCUT2D eigenvalue weighted by atomic mass is 127. The zero-order valence-corrected chi connectivity index (χ0v) is 16.1. The molecule has 3 heterocycles. The van der Waals surface area contributed by atoms with E-state index in [0.29, 0.717) is 0 Å². The average Bonchev–Trinajstić information content (AvgIpc) is 2.97. The molecule has 0 radical (unpaired) electrons. The van der Waals surface area contributed by atoms with E-state index in [1.54, 1.807) is 0 Å². The number of nitrogens with zero attached hydrogens (tertiary/aromatic N) is 3. The molecule has 0 aliphatic carbocycles. The van der Waals surface area contributed by atoms with Crippen LogP contribution >= 0.6 is 22.6 Å². The topological polar surface area (TPSA) is 41.0 Å². The molecule has 126 valence electrons. The number of pyridine rings is 2. The summed E-state index contributed by atoms with van der Waals surface area (Å²) >= 11 is 2.55. The lowest BCUT2D eigenvalue weighted by molar-refractivity contribution is 0.793. The summed E-state index contributed by atoms with van der Waals surface area (Å²) in [6.45, 7) is 3.96. The molecule has 0 saturated heterocycles. The van der Waals surface area contributed by atoms with E-state index in [-0.39, 0.29) is 3.42 Å². The third-order valence-electron chi connectivity index (χ3n) is 4.46. The van der Waals surface area contributed by atoms with Gasteiger partial charge in [-0.3, -0.25) is 0 Å². The molecule has 5 heteroatoms. The molecule has 0 bridgehead atoms. The first-order valence-corrected chi connectivity index (χ1v) is 9.38. The van der Waals surface area contributed by atoms with Gasteiger partial charge in [0, 0.05) is 24.6 Å². The summed E-state index contributed by atoms with van der Waals surface area (Å²) in [6.07, 6.45) is 3.65. The summed E-state index contributed by atoms with van der Waals surface area (Å²) < 4.78 is 0.0869. The Bertz CT molecular complexity index is 826. The van der Waals surface area contributed by atoms with Crippen LogP contribution in [0.3, 0.4) is 0 Å². The number of benzene rings is 1. The molecule has 1 aliphatic heterocycles. The van der Waals surface area contributed by atoms with E-state index < -0.39 is 0 Å². The quantitative estimate of drug-likeness (QED) is 0.462. The molecular formula is C20H19IN4. The zero-order chi connectivity index (χ0) is 17.3. The number of hydrogen-bond donors (Lipinski definition) is 1. The Kier molecular flexibility index (Phi) is 4.33. The second kappa shape index (κ2) is 6.63. The predicted molar refractivity (Wildman–Crippen MR) is 111 cm³/mol. The van der Waals surface area contributed by atoms with Crippen LogP contribution < -0.4 is 10.2 Å². The maximum absolute atomic E-state index is 4.55. The highest BCUT2D eigenvalue weighted by Crippen LogP contribution is 2.44. The maximum Gasteiger partial charge on any atom is 0.134 e. The van der Waals surface area contributed by atoms with Gasteiger partial charge in [-0.15, -0.1) is 0 Å². The van der Waals surface area contributed by atoms with Crippen molar-refractivity contribution in [3.63, 3.8) is 0 Å². The van der Waals surface area contributed by atoms with E-state index in [4.69, 9.17) is 0 Å². The maximum atomic E-state index is 4.55. The lowest BCUT2D eigenvalue weighted by atomic mass is 9.96. The number of anilines is 3. The van der Waals surface area contributed by atoms with Crippen LogP contribution in [0.4, 0.5) is 17.3 Å². The number of hydrogen-bond acceptors (Lipinski definition) is 4. The minimum absolute atomic E-state index is 0.0869. The van der Waals surface area contributed by atoms with Crippen molar-refractivity contribution in [2.24, 2.45) is 0 Å². The van der Waals surface area contributed by atoms with Crippen LogP contribution in [0.2, 0.25) is 0 Å². The molecule has 0 saturated carbocycles. The van der Waals surface area contributed by atoms with E-state index in [1.807, 2.05) is 48.8 Å². The molecule has 1 N–H and O–H groups in total. The molecule has 0 amide bonds.